The standard InChI is InChI=1S/C16H19NO3/c18-16(19)11-5-7-13(8-6-11)17-9-12-10-20-15-4-2-1-3-14(12)15/h1-4,10-11,13,17H,5-9H2,(H,18,19). The minimum atomic E-state index is -0.649. The topological polar surface area (TPSA) is 62.5 Å². The molecule has 3 rings (SSSR count). The molecule has 4 nitrogen and oxygen atoms in total. The van der Waals surface area contributed by atoms with Crippen LogP contribution < -0.4 is 5.32 Å². The lowest BCUT2D eigenvalue weighted by atomic mass is 9.86. The van der Waals surface area contributed by atoms with Crippen molar-refractivity contribution in [3.63, 3.8) is 0 Å². The predicted octanol–water partition coefficient (Wildman–Crippen LogP) is 3.17. The lowest BCUT2D eigenvalue weighted by Crippen LogP contribution is -2.34. The van der Waals surface area contributed by atoms with E-state index in [0.29, 0.717) is 6.04 Å². The van der Waals surface area contributed by atoms with E-state index >= 15 is 0 Å². The van der Waals surface area contributed by atoms with E-state index in [-0.39, 0.29) is 5.92 Å². The number of hydrogen-bond acceptors (Lipinski definition) is 3. The lowest BCUT2D eigenvalue weighted by molar-refractivity contribution is -0.142. The summed E-state index contributed by atoms with van der Waals surface area (Å²) in [6.07, 6.45) is 5.23. The van der Waals surface area contributed by atoms with E-state index in [1.165, 1.54) is 5.56 Å². The molecule has 20 heavy (non-hydrogen) atoms. The Labute approximate surface area is 117 Å². The molecule has 2 N–H and O–H groups in total. The van der Waals surface area contributed by atoms with Crippen molar-refractivity contribution in [3.05, 3.63) is 36.1 Å². The number of benzene rings is 1. The Balaban J connectivity index is 1.57. The summed E-state index contributed by atoms with van der Waals surface area (Å²) in [6.45, 7) is 0.777. The van der Waals surface area contributed by atoms with Crippen LogP contribution in [0.4, 0.5) is 0 Å². The first-order valence-electron chi connectivity index (χ1n) is 7.15. The zero-order valence-corrected chi connectivity index (χ0v) is 11.3. The van der Waals surface area contributed by atoms with E-state index in [1.807, 2.05) is 18.2 Å². The summed E-state index contributed by atoms with van der Waals surface area (Å²) in [6, 6.07) is 8.43. The van der Waals surface area contributed by atoms with Gasteiger partial charge in [0.1, 0.15) is 5.58 Å². The van der Waals surface area contributed by atoms with E-state index in [0.717, 1.165) is 43.2 Å². The highest BCUT2D eigenvalue weighted by Crippen LogP contribution is 2.25. The molecular weight excluding hydrogens is 254 g/mol. The molecule has 1 heterocycles. The van der Waals surface area contributed by atoms with Gasteiger partial charge in [-0.05, 0) is 31.7 Å². The van der Waals surface area contributed by atoms with Crippen molar-refractivity contribution in [3.8, 4) is 0 Å². The fourth-order valence-electron chi connectivity index (χ4n) is 2.97. The van der Waals surface area contributed by atoms with E-state index in [1.54, 1.807) is 6.26 Å². The average molecular weight is 273 g/mol. The minimum absolute atomic E-state index is 0.150. The number of furan rings is 1. The smallest absolute Gasteiger partial charge is 0.306 e. The highest BCUT2D eigenvalue weighted by Gasteiger charge is 2.25. The van der Waals surface area contributed by atoms with Gasteiger partial charge in [-0.15, -0.1) is 0 Å². The number of para-hydroxylation sites is 1. The maximum atomic E-state index is 10.9. The van der Waals surface area contributed by atoms with Crippen molar-refractivity contribution in [2.45, 2.75) is 38.3 Å². The molecule has 1 aliphatic carbocycles. The number of hydrogen-bond donors (Lipinski definition) is 2. The highest BCUT2D eigenvalue weighted by atomic mass is 16.4. The molecule has 0 radical (unpaired) electrons. The number of carboxylic acid groups (broad SMARTS) is 1. The molecule has 4 heteroatoms. The number of rotatable bonds is 4. The van der Waals surface area contributed by atoms with Crippen molar-refractivity contribution < 1.29 is 14.3 Å². The van der Waals surface area contributed by atoms with Crippen LogP contribution in [0.5, 0.6) is 0 Å². The second kappa shape index (κ2) is 5.67. The van der Waals surface area contributed by atoms with Crippen LogP contribution in [0.2, 0.25) is 0 Å². The summed E-state index contributed by atoms with van der Waals surface area (Å²) in [5.41, 5.74) is 2.08. The Morgan fingerprint density at radius 3 is 2.75 bits per heavy atom. The van der Waals surface area contributed by atoms with E-state index in [9.17, 15) is 4.79 Å². The van der Waals surface area contributed by atoms with Gasteiger partial charge in [-0.25, -0.2) is 0 Å². The zero-order chi connectivity index (χ0) is 13.9. The van der Waals surface area contributed by atoms with Crippen molar-refractivity contribution in [2.75, 3.05) is 0 Å². The third kappa shape index (κ3) is 2.70. The maximum absolute atomic E-state index is 10.9. The van der Waals surface area contributed by atoms with Gasteiger partial charge in [0.2, 0.25) is 0 Å². The van der Waals surface area contributed by atoms with E-state index in [2.05, 4.69) is 11.4 Å². The molecule has 0 spiro atoms. The number of aliphatic carboxylic acids is 1. The molecular formula is C16H19NO3. The SMILES string of the molecule is O=C(O)C1CCC(NCc2coc3ccccc23)CC1. The fourth-order valence-corrected chi connectivity index (χ4v) is 2.97. The second-order valence-electron chi connectivity index (χ2n) is 5.52. The quantitative estimate of drug-likeness (QED) is 0.898. The first-order valence-corrected chi connectivity index (χ1v) is 7.15. The Kier molecular flexibility index (Phi) is 3.74. The number of nitrogens with one attached hydrogen (secondary N) is 1. The monoisotopic (exact) mass is 273 g/mol. The van der Waals surface area contributed by atoms with E-state index in [4.69, 9.17) is 9.52 Å². The molecule has 1 fully saturated rings. The molecule has 1 aromatic heterocycles. The molecule has 0 atom stereocenters. The molecule has 0 aliphatic heterocycles. The van der Waals surface area contributed by atoms with Crippen LogP contribution >= 0.6 is 0 Å². The third-order valence-electron chi connectivity index (χ3n) is 4.22. The molecule has 1 aromatic carbocycles. The minimum Gasteiger partial charge on any atom is -0.481 e. The van der Waals surface area contributed by atoms with Crippen molar-refractivity contribution in [1.82, 2.24) is 5.32 Å². The Bertz CT molecular complexity index is 597. The summed E-state index contributed by atoms with van der Waals surface area (Å²) < 4.78 is 5.52. The molecule has 2 aromatic rings. The summed E-state index contributed by atoms with van der Waals surface area (Å²) in [4.78, 5) is 10.9. The van der Waals surface area contributed by atoms with Crippen LogP contribution in [0.3, 0.4) is 0 Å². The Morgan fingerprint density at radius 1 is 1.25 bits per heavy atom. The van der Waals surface area contributed by atoms with Crippen molar-refractivity contribution in [1.29, 1.82) is 0 Å². The fraction of sp³-hybridized carbons (Fsp3) is 0.438. The number of carbonyl (C=O) groups is 1. The molecule has 106 valence electrons. The van der Waals surface area contributed by atoms with Crippen LogP contribution in [0.1, 0.15) is 31.2 Å². The van der Waals surface area contributed by atoms with Gasteiger partial charge in [0.25, 0.3) is 0 Å². The highest BCUT2D eigenvalue weighted by molar-refractivity contribution is 5.80. The maximum Gasteiger partial charge on any atom is 0.306 e. The molecule has 1 saturated carbocycles. The zero-order valence-electron chi connectivity index (χ0n) is 11.3. The average Bonchev–Trinajstić information content (AvgIpc) is 2.89. The number of fused-ring (bicyclic) bond motifs is 1. The van der Waals surface area contributed by atoms with Gasteiger partial charge in [-0.2, -0.15) is 0 Å². The number of carboxylic acids is 1. The van der Waals surface area contributed by atoms with Crippen LogP contribution in [-0.4, -0.2) is 17.1 Å². The van der Waals surface area contributed by atoms with Gasteiger partial charge in [0.05, 0.1) is 12.2 Å². The second-order valence-corrected chi connectivity index (χ2v) is 5.52. The Hall–Kier alpha value is -1.81. The largest absolute Gasteiger partial charge is 0.481 e. The van der Waals surface area contributed by atoms with Crippen LogP contribution in [0, 0.1) is 5.92 Å². The lowest BCUT2D eigenvalue weighted by Gasteiger charge is -2.26. The van der Waals surface area contributed by atoms with Crippen LogP contribution in [0.15, 0.2) is 34.9 Å². The third-order valence-corrected chi connectivity index (χ3v) is 4.22. The van der Waals surface area contributed by atoms with Gasteiger partial charge >= 0.3 is 5.97 Å². The van der Waals surface area contributed by atoms with Gasteiger partial charge in [0.15, 0.2) is 0 Å². The molecule has 0 saturated heterocycles. The molecule has 0 unspecified atom stereocenters. The summed E-state index contributed by atoms with van der Waals surface area (Å²) in [7, 11) is 0. The molecule has 0 bridgehead atoms. The van der Waals surface area contributed by atoms with Crippen molar-refractivity contribution in [2.24, 2.45) is 5.92 Å². The van der Waals surface area contributed by atoms with Crippen LogP contribution in [-0.2, 0) is 11.3 Å². The normalized spacial score (nSPS) is 23.0. The Morgan fingerprint density at radius 2 is 2.00 bits per heavy atom. The van der Waals surface area contributed by atoms with Gasteiger partial charge < -0.3 is 14.8 Å². The van der Waals surface area contributed by atoms with Crippen LogP contribution in [0.25, 0.3) is 11.0 Å². The molecule has 1 aliphatic rings. The van der Waals surface area contributed by atoms with E-state index < -0.39 is 5.97 Å². The first-order chi connectivity index (χ1) is 9.74. The predicted molar refractivity (Wildman–Crippen MR) is 76.4 cm³/mol. The van der Waals surface area contributed by atoms with Gasteiger partial charge in [-0.1, -0.05) is 18.2 Å². The van der Waals surface area contributed by atoms with Crippen molar-refractivity contribution >= 4 is 16.9 Å². The summed E-state index contributed by atoms with van der Waals surface area (Å²) in [5, 5.41) is 13.7. The van der Waals surface area contributed by atoms with Gasteiger partial charge in [0, 0.05) is 23.5 Å². The summed E-state index contributed by atoms with van der Waals surface area (Å²) >= 11 is 0. The van der Waals surface area contributed by atoms with Gasteiger partial charge in [-0.3, -0.25) is 4.79 Å². The summed E-state index contributed by atoms with van der Waals surface area (Å²) in [5.74, 6) is -0.799. The molecule has 0 amide bonds. The first kappa shape index (κ1) is 13.2.